The van der Waals surface area contributed by atoms with Gasteiger partial charge in [0.2, 0.25) is 0 Å². The number of thiol groups is 1. The topological polar surface area (TPSA) is 59.1 Å². The van der Waals surface area contributed by atoms with Crippen LogP contribution in [0.4, 0.5) is 0 Å². The maximum atomic E-state index is 11.7. The van der Waals surface area contributed by atoms with Crippen molar-refractivity contribution in [3.05, 3.63) is 0 Å². The molecule has 0 bridgehead atoms. The van der Waals surface area contributed by atoms with Crippen molar-refractivity contribution >= 4 is 46.3 Å². The van der Waals surface area contributed by atoms with Gasteiger partial charge in [0.15, 0.2) is 0 Å². The average molecular weight is 236 g/mol. The Kier molecular flexibility index (Phi) is 9.62. The van der Waals surface area contributed by atoms with Crippen LogP contribution in [0.25, 0.3) is 0 Å². The number of aldehydes is 1. The van der Waals surface area contributed by atoms with E-state index in [1.807, 2.05) is 0 Å². The summed E-state index contributed by atoms with van der Waals surface area (Å²) in [4.78, 5) is 10.2. The molecule has 0 rings (SSSR count). The number of carbonyl (C=O) groups excluding carboxylic acids is 1. The quantitative estimate of drug-likeness (QED) is 0.259. The molecule has 0 heterocycles. The van der Waals surface area contributed by atoms with E-state index in [9.17, 15) is 9.00 Å². The Morgan fingerprint density at radius 1 is 1.14 bits per heavy atom. The number of hydroxylamine groups is 4. The van der Waals surface area contributed by atoms with Crippen molar-refractivity contribution in [3.63, 3.8) is 0 Å². The van der Waals surface area contributed by atoms with Gasteiger partial charge in [-0.15, -0.1) is 0 Å². The molecule has 8 heteroatoms. The molecule has 0 aliphatic carbocycles. The van der Waals surface area contributed by atoms with Crippen LogP contribution < -0.4 is 0 Å². The summed E-state index contributed by atoms with van der Waals surface area (Å²) < 4.78 is 21.4. The van der Waals surface area contributed by atoms with Gasteiger partial charge in [0.25, 0.3) is 0 Å². The molecule has 0 atom stereocenters. The normalized spacial score (nSPS) is 12.7. The number of rotatable bonds is 6. The second kappa shape index (κ2) is 7.89. The van der Waals surface area contributed by atoms with Crippen molar-refractivity contribution in [2.75, 3.05) is 33.9 Å². The monoisotopic (exact) mass is 236 g/mol. The summed E-state index contributed by atoms with van der Waals surface area (Å²) in [6.07, 6.45) is 0.508. The Bertz CT molecular complexity index is 198. The molecule has 0 aromatic rings. The molecule has 82 valence electrons. The van der Waals surface area contributed by atoms with E-state index in [4.69, 9.17) is 8.57 Å². The van der Waals surface area contributed by atoms with E-state index in [-0.39, 0.29) is 35.3 Å². The van der Waals surface area contributed by atoms with Gasteiger partial charge in [-0.05, 0) is 0 Å². The second-order valence-corrected chi connectivity index (χ2v) is 4.66. The Morgan fingerprint density at radius 3 is 1.71 bits per heavy atom. The number of hydrogen-bond donors (Lipinski definition) is 1. The molecular formula is C6H17N2NaO4S. The van der Waals surface area contributed by atoms with Crippen molar-refractivity contribution in [2.45, 2.75) is 0 Å². The number of carbonyl (C=O) groups is 1. The molecular weight excluding hydrogens is 219 g/mol. The summed E-state index contributed by atoms with van der Waals surface area (Å²) in [5.41, 5.74) is 0. The molecule has 6 nitrogen and oxygen atoms in total. The third-order valence-electron chi connectivity index (χ3n) is 0.874. The van der Waals surface area contributed by atoms with Crippen LogP contribution in [0.5, 0.6) is 0 Å². The second-order valence-electron chi connectivity index (χ2n) is 2.75. The first-order valence-corrected chi connectivity index (χ1v) is 5.39. The van der Waals surface area contributed by atoms with Crippen molar-refractivity contribution in [2.24, 2.45) is 0 Å². The third kappa shape index (κ3) is 8.01. The van der Waals surface area contributed by atoms with E-state index in [1.165, 1.54) is 10.1 Å². The summed E-state index contributed by atoms with van der Waals surface area (Å²) in [6, 6.07) is 0. The van der Waals surface area contributed by atoms with Gasteiger partial charge in [-0.3, -0.25) is 0 Å². The molecule has 0 fully saturated rings. The zero-order valence-electron chi connectivity index (χ0n) is 8.26. The first-order chi connectivity index (χ1) is 5.89. The van der Waals surface area contributed by atoms with Gasteiger partial charge in [-0.25, -0.2) is 12.8 Å². The first-order valence-electron chi connectivity index (χ1n) is 3.66. The summed E-state index contributed by atoms with van der Waals surface area (Å²) in [5.74, 6) is -0.261. The van der Waals surface area contributed by atoms with E-state index in [1.54, 1.807) is 28.2 Å². The average Bonchev–Trinajstić information content (AvgIpc) is 1.81. The fraction of sp³-hybridized carbons (Fsp3) is 0.833. The summed E-state index contributed by atoms with van der Waals surface area (Å²) >= 11 is 0. The van der Waals surface area contributed by atoms with E-state index in [0.717, 1.165) is 0 Å². The molecule has 0 saturated heterocycles. The maximum absolute atomic E-state index is 11.7. The Labute approximate surface area is 108 Å². The molecule has 0 unspecified atom stereocenters. The van der Waals surface area contributed by atoms with Crippen LogP contribution >= 0.6 is 0 Å². The summed E-state index contributed by atoms with van der Waals surface area (Å²) in [7, 11) is 2.92. The molecule has 0 saturated carbocycles. The summed E-state index contributed by atoms with van der Waals surface area (Å²) in [6.45, 7) is 0. The van der Waals surface area contributed by atoms with E-state index >= 15 is 0 Å². The van der Waals surface area contributed by atoms with Crippen LogP contribution in [0.15, 0.2) is 0 Å². The zero-order chi connectivity index (χ0) is 10.5. The van der Waals surface area contributed by atoms with Crippen LogP contribution in [-0.2, 0) is 23.9 Å². The van der Waals surface area contributed by atoms with Crippen LogP contribution in [0, 0.1) is 0 Å². The van der Waals surface area contributed by atoms with Crippen molar-refractivity contribution in [3.8, 4) is 0 Å². The fourth-order valence-corrected chi connectivity index (χ4v) is 2.01. The van der Waals surface area contributed by atoms with Gasteiger partial charge >= 0.3 is 29.6 Å². The Balaban J connectivity index is 0. The predicted octanol–water partition coefficient (Wildman–Crippen LogP) is -1.63. The minimum atomic E-state index is -3.35. The SMILES string of the molecule is CN(C)O[SH](=O)(CC=O)ON(C)C.[NaH]. The molecule has 0 radical (unpaired) electrons. The van der Waals surface area contributed by atoms with E-state index < -0.39 is 10.5 Å². The van der Waals surface area contributed by atoms with Crippen LogP contribution in [-0.4, -0.2) is 84.1 Å². The molecule has 0 spiro atoms. The van der Waals surface area contributed by atoms with Crippen molar-refractivity contribution in [1.82, 2.24) is 10.1 Å². The van der Waals surface area contributed by atoms with Gasteiger partial charge in [-0.2, -0.15) is 10.1 Å². The van der Waals surface area contributed by atoms with Crippen molar-refractivity contribution in [1.29, 1.82) is 0 Å². The summed E-state index contributed by atoms with van der Waals surface area (Å²) in [5, 5.41) is 2.49. The fourth-order valence-electron chi connectivity index (χ4n) is 0.670. The van der Waals surface area contributed by atoms with E-state index in [2.05, 4.69) is 0 Å². The molecule has 14 heavy (non-hydrogen) atoms. The molecule has 0 aromatic heterocycles. The van der Waals surface area contributed by atoms with Crippen LogP contribution in [0.3, 0.4) is 0 Å². The molecule has 0 amide bonds. The molecule has 0 aliphatic rings. The first kappa shape index (κ1) is 17.1. The number of hydrogen-bond acceptors (Lipinski definition) is 6. The standard InChI is InChI=1S/C6H16N2O4S.Na.H/c1-7(2)11-13(10,6-5-9)12-8(3)4;;/h5,13H,6H2,1-4H3;;. The molecule has 0 aliphatic heterocycles. The van der Waals surface area contributed by atoms with Gasteiger partial charge in [-0.1, -0.05) is 0 Å². The van der Waals surface area contributed by atoms with Gasteiger partial charge in [0.1, 0.15) is 22.5 Å². The minimum absolute atomic E-state index is 0. The Hall–Kier alpha value is 0.660. The predicted molar refractivity (Wildman–Crippen MR) is 57.2 cm³/mol. The molecule has 0 aromatic carbocycles. The third-order valence-corrected chi connectivity index (χ3v) is 2.62. The Morgan fingerprint density at radius 2 is 1.50 bits per heavy atom. The van der Waals surface area contributed by atoms with Gasteiger partial charge in [0.05, 0.1) is 0 Å². The van der Waals surface area contributed by atoms with Crippen molar-refractivity contribution < 1.29 is 17.6 Å². The van der Waals surface area contributed by atoms with Gasteiger partial charge < -0.3 is 4.79 Å². The van der Waals surface area contributed by atoms with Crippen LogP contribution in [0.1, 0.15) is 0 Å². The molecule has 0 N–H and O–H groups in total. The van der Waals surface area contributed by atoms with Gasteiger partial charge in [0, 0.05) is 28.2 Å². The van der Waals surface area contributed by atoms with E-state index in [0.29, 0.717) is 6.29 Å². The zero-order valence-corrected chi connectivity index (χ0v) is 9.15. The number of nitrogens with zero attached hydrogens (tertiary/aromatic N) is 2. The van der Waals surface area contributed by atoms with Crippen LogP contribution in [0.2, 0.25) is 0 Å².